The third-order valence-electron chi connectivity index (χ3n) is 2.72. The van der Waals surface area contributed by atoms with Crippen LogP contribution < -0.4 is 11.1 Å². The van der Waals surface area contributed by atoms with Crippen LogP contribution in [0.25, 0.3) is 0 Å². The van der Waals surface area contributed by atoms with E-state index in [0.29, 0.717) is 24.5 Å². The van der Waals surface area contributed by atoms with Crippen LogP contribution in [0.1, 0.15) is 30.6 Å². The number of nitrogen functional groups attached to an aromatic ring is 1. The molecule has 0 fully saturated rings. The number of ether oxygens (including phenoxy) is 2. The van der Waals surface area contributed by atoms with Crippen molar-refractivity contribution in [2.24, 2.45) is 0 Å². The van der Waals surface area contributed by atoms with Crippen LogP contribution in [0.4, 0.5) is 11.4 Å². The van der Waals surface area contributed by atoms with Crippen molar-refractivity contribution in [2.75, 3.05) is 31.4 Å². The van der Waals surface area contributed by atoms with E-state index in [2.05, 4.69) is 12.2 Å². The Hall–Kier alpha value is -1.75. The smallest absolute Gasteiger partial charge is 0.340 e. The average molecular weight is 266 g/mol. The molecule has 1 aromatic carbocycles. The summed E-state index contributed by atoms with van der Waals surface area (Å²) >= 11 is 0. The Bertz CT molecular complexity index is 421. The maximum absolute atomic E-state index is 11.7. The zero-order valence-corrected chi connectivity index (χ0v) is 11.7. The van der Waals surface area contributed by atoms with E-state index in [1.165, 1.54) is 0 Å². The van der Waals surface area contributed by atoms with Crippen molar-refractivity contribution in [2.45, 2.75) is 26.3 Å². The predicted octanol–water partition coefficient (Wildman–Crippen LogP) is 2.28. The molecule has 0 spiro atoms. The highest BCUT2D eigenvalue weighted by Gasteiger charge is 2.12. The van der Waals surface area contributed by atoms with Crippen molar-refractivity contribution < 1.29 is 14.3 Å². The Morgan fingerprint density at radius 2 is 2.21 bits per heavy atom. The maximum Gasteiger partial charge on any atom is 0.340 e. The first-order chi connectivity index (χ1) is 9.08. The van der Waals surface area contributed by atoms with Crippen LogP contribution in [-0.2, 0) is 9.47 Å². The van der Waals surface area contributed by atoms with E-state index < -0.39 is 5.97 Å². The second-order valence-corrected chi connectivity index (χ2v) is 4.35. The van der Waals surface area contributed by atoms with Gasteiger partial charge in [-0.05, 0) is 38.5 Å². The molecule has 5 heteroatoms. The predicted molar refractivity (Wildman–Crippen MR) is 76.4 cm³/mol. The molecule has 1 rings (SSSR count). The van der Waals surface area contributed by atoms with Crippen molar-refractivity contribution in [3.63, 3.8) is 0 Å². The largest absolute Gasteiger partial charge is 0.462 e. The van der Waals surface area contributed by atoms with Gasteiger partial charge in [0.15, 0.2) is 0 Å². The molecule has 1 atom stereocenters. The summed E-state index contributed by atoms with van der Waals surface area (Å²) in [6.07, 6.45) is 0.885. The Morgan fingerprint density at radius 1 is 1.47 bits per heavy atom. The highest BCUT2D eigenvalue weighted by molar-refractivity contribution is 5.96. The van der Waals surface area contributed by atoms with Crippen LogP contribution >= 0.6 is 0 Å². The Morgan fingerprint density at radius 3 is 2.84 bits per heavy atom. The lowest BCUT2D eigenvalue weighted by atomic mass is 10.1. The number of methoxy groups -OCH3 is 1. The number of anilines is 2. The van der Waals surface area contributed by atoms with Gasteiger partial charge in [0.2, 0.25) is 0 Å². The number of esters is 1. The number of carbonyl (C=O) groups excluding carboxylic acids is 1. The summed E-state index contributed by atoms with van der Waals surface area (Å²) in [5.74, 6) is -0.395. The minimum Gasteiger partial charge on any atom is -0.462 e. The zero-order chi connectivity index (χ0) is 14.3. The first kappa shape index (κ1) is 15.3. The number of hydrogen-bond donors (Lipinski definition) is 2. The molecular weight excluding hydrogens is 244 g/mol. The van der Waals surface area contributed by atoms with E-state index in [4.69, 9.17) is 15.2 Å². The van der Waals surface area contributed by atoms with E-state index >= 15 is 0 Å². The zero-order valence-electron chi connectivity index (χ0n) is 11.7. The lowest BCUT2D eigenvalue weighted by molar-refractivity contribution is 0.0527. The van der Waals surface area contributed by atoms with Crippen molar-refractivity contribution in [3.05, 3.63) is 23.8 Å². The number of rotatable bonds is 7. The second-order valence-electron chi connectivity index (χ2n) is 4.35. The Kier molecular flexibility index (Phi) is 6.15. The molecule has 0 heterocycles. The summed E-state index contributed by atoms with van der Waals surface area (Å²) in [5.41, 5.74) is 7.45. The fourth-order valence-electron chi connectivity index (χ4n) is 1.68. The molecule has 0 aromatic heterocycles. The number of nitrogens with one attached hydrogen (secondary N) is 1. The third kappa shape index (κ3) is 4.79. The van der Waals surface area contributed by atoms with E-state index in [9.17, 15) is 4.79 Å². The SMILES string of the molecule is CCOC(=O)c1cc(NC(C)CCOC)ccc1N. The van der Waals surface area contributed by atoms with E-state index in [1.54, 1.807) is 26.2 Å². The van der Waals surface area contributed by atoms with Crippen molar-refractivity contribution in [1.82, 2.24) is 0 Å². The summed E-state index contributed by atoms with van der Waals surface area (Å²) in [5, 5.41) is 3.30. The highest BCUT2D eigenvalue weighted by atomic mass is 16.5. The molecule has 106 valence electrons. The van der Waals surface area contributed by atoms with Crippen LogP contribution in [0.2, 0.25) is 0 Å². The summed E-state index contributed by atoms with van der Waals surface area (Å²) < 4.78 is 10.00. The molecule has 0 aliphatic rings. The number of benzene rings is 1. The molecule has 0 aliphatic carbocycles. The molecule has 0 saturated carbocycles. The first-order valence-corrected chi connectivity index (χ1v) is 6.40. The summed E-state index contributed by atoms with van der Waals surface area (Å²) in [7, 11) is 1.68. The van der Waals surface area contributed by atoms with Gasteiger partial charge < -0.3 is 20.5 Å². The molecule has 0 radical (unpaired) electrons. The standard InChI is InChI=1S/C14H22N2O3/c1-4-19-14(17)12-9-11(5-6-13(12)15)16-10(2)7-8-18-3/h5-6,9-10,16H,4,7-8,15H2,1-3H3. The summed E-state index contributed by atoms with van der Waals surface area (Å²) in [4.78, 5) is 11.7. The maximum atomic E-state index is 11.7. The third-order valence-corrected chi connectivity index (χ3v) is 2.72. The van der Waals surface area contributed by atoms with Crippen molar-refractivity contribution in [3.8, 4) is 0 Å². The van der Waals surface area contributed by atoms with Crippen molar-refractivity contribution >= 4 is 17.3 Å². The highest BCUT2D eigenvalue weighted by Crippen LogP contribution is 2.20. The minimum absolute atomic E-state index is 0.249. The first-order valence-electron chi connectivity index (χ1n) is 6.40. The van der Waals surface area contributed by atoms with E-state index in [0.717, 1.165) is 12.1 Å². The average Bonchev–Trinajstić information content (AvgIpc) is 2.39. The molecule has 3 N–H and O–H groups in total. The minimum atomic E-state index is -0.395. The van der Waals surface area contributed by atoms with Crippen LogP contribution in [0, 0.1) is 0 Å². The van der Waals surface area contributed by atoms with Crippen LogP contribution in [0.15, 0.2) is 18.2 Å². The molecular formula is C14H22N2O3. The molecule has 1 unspecified atom stereocenters. The molecule has 0 amide bonds. The van der Waals surface area contributed by atoms with Gasteiger partial charge in [0.25, 0.3) is 0 Å². The van der Waals surface area contributed by atoms with E-state index in [-0.39, 0.29) is 6.04 Å². The summed E-state index contributed by atoms with van der Waals surface area (Å²) in [6, 6.07) is 5.52. The molecule has 0 saturated heterocycles. The normalized spacial score (nSPS) is 11.9. The van der Waals surface area contributed by atoms with Gasteiger partial charge in [-0.1, -0.05) is 0 Å². The molecule has 0 aliphatic heterocycles. The van der Waals surface area contributed by atoms with Crippen molar-refractivity contribution in [1.29, 1.82) is 0 Å². The van der Waals surface area contributed by atoms with Gasteiger partial charge >= 0.3 is 5.97 Å². The summed E-state index contributed by atoms with van der Waals surface area (Å²) in [6.45, 7) is 4.84. The lowest BCUT2D eigenvalue weighted by Gasteiger charge is -2.16. The van der Waals surface area contributed by atoms with Gasteiger partial charge in [-0.15, -0.1) is 0 Å². The Balaban J connectivity index is 2.75. The fourth-order valence-corrected chi connectivity index (χ4v) is 1.68. The molecule has 5 nitrogen and oxygen atoms in total. The number of hydrogen-bond acceptors (Lipinski definition) is 5. The monoisotopic (exact) mass is 266 g/mol. The van der Waals surface area contributed by atoms with Gasteiger partial charge in [-0.3, -0.25) is 0 Å². The Labute approximate surface area is 114 Å². The molecule has 0 bridgehead atoms. The fraction of sp³-hybridized carbons (Fsp3) is 0.500. The van der Waals surface area contributed by atoms with Gasteiger partial charge in [0, 0.05) is 31.1 Å². The lowest BCUT2D eigenvalue weighted by Crippen LogP contribution is -2.18. The molecule has 19 heavy (non-hydrogen) atoms. The quantitative estimate of drug-likeness (QED) is 0.585. The van der Waals surface area contributed by atoms with Gasteiger partial charge in [-0.2, -0.15) is 0 Å². The molecule has 1 aromatic rings. The second kappa shape index (κ2) is 7.63. The topological polar surface area (TPSA) is 73.6 Å². The van der Waals surface area contributed by atoms with Crippen LogP contribution in [-0.4, -0.2) is 32.3 Å². The number of carbonyl (C=O) groups is 1. The van der Waals surface area contributed by atoms with Crippen LogP contribution in [0.5, 0.6) is 0 Å². The van der Waals surface area contributed by atoms with E-state index in [1.807, 2.05) is 6.07 Å². The van der Waals surface area contributed by atoms with Gasteiger partial charge in [-0.25, -0.2) is 4.79 Å². The number of nitrogens with two attached hydrogens (primary N) is 1. The van der Waals surface area contributed by atoms with Gasteiger partial charge in [0.1, 0.15) is 0 Å². The van der Waals surface area contributed by atoms with Crippen LogP contribution in [0.3, 0.4) is 0 Å². The van der Waals surface area contributed by atoms with Gasteiger partial charge in [0.05, 0.1) is 12.2 Å².